The summed E-state index contributed by atoms with van der Waals surface area (Å²) in [5.74, 6) is 1.86. The van der Waals surface area contributed by atoms with Crippen molar-refractivity contribution in [1.29, 1.82) is 5.26 Å². The molecular formula is C28H25N5. The zero-order valence-corrected chi connectivity index (χ0v) is 18.5. The molecule has 1 aliphatic carbocycles. The Balaban J connectivity index is 1.31. The van der Waals surface area contributed by atoms with Crippen molar-refractivity contribution in [3.8, 4) is 34.4 Å². The van der Waals surface area contributed by atoms with Gasteiger partial charge in [0.15, 0.2) is 5.82 Å². The molecule has 2 aliphatic heterocycles. The molecule has 0 spiro atoms. The second-order valence-electron chi connectivity index (χ2n) is 9.61. The molecule has 0 bridgehead atoms. The standard InChI is InChI=1S/C28H25N5/c29-16-19-4-6-20(7-5-19)22-15-27-28-30-11-13-33(28)26-9-8-24(14-23(26)18-31(27)17-22)32-12-10-21-2-1-3-25(21)32/h4-9,11,13-15,17,21,25H,1-3,10,12,18H2/t21-,25+/m1/s1. The van der Waals surface area contributed by atoms with Crippen LogP contribution in [0.15, 0.2) is 67.1 Å². The fraction of sp³-hybridized carbons (Fsp3) is 0.286. The summed E-state index contributed by atoms with van der Waals surface area (Å²) in [6, 6.07) is 20.0. The van der Waals surface area contributed by atoms with E-state index in [0.29, 0.717) is 5.56 Å². The zero-order chi connectivity index (χ0) is 21.9. The van der Waals surface area contributed by atoms with Crippen molar-refractivity contribution in [2.75, 3.05) is 11.4 Å². The lowest BCUT2D eigenvalue weighted by Crippen LogP contribution is -2.29. The largest absolute Gasteiger partial charge is 0.368 e. The Morgan fingerprint density at radius 3 is 2.76 bits per heavy atom. The number of rotatable bonds is 2. The van der Waals surface area contributed by atoms with Crippen molar-refractivity contribution >= 4 is 5.69 Å². The van der Waals surface area contributed by atoms with Crippen LogP contribution in [0.1, 0.15) is 36.8 Å². The molecular weight excluding hydrogens is 406 g/mol. The summed E-state index contributed by atoms with van der Waals surface area (Å²) < 4.78 is 4.55. The molecule has 2 fully saturated rings. The lowest BCUT2D eigenvalue weighted by molar-refractivity contribution is 0.541. The van der Waals surface area contributed by atoms with Crippen LogP contribution in [-0.4, -0.2) is 26.7 Å². The quantitative estimate of drug-likeness (QED) is 0.364. The average Bonchev–Trinajstić information content (AvgIpc) is 3.62. The van der Waals surface area contributed by atoms with Gasteiger partial charge in [0.05, 0.1) is 23.0 Å². The second kappa shape index (κ2) is 7.11. The minimum Gasteiger partial charge on any atom is -0.368 e. The molecule has 5 heteroatoms. The molecule has 0 amide bonds. The third kappa shape index (κ3) is 2.87. The van der Waals surface area contributed by atoms with Gasteiger partial charge in [-0.2, -0.15) is 5.26 Å². The molecule has 1 saturated heterocycles. The number of anilines is 1. The molecule has 33 heavy (non-hydrogen) atoms. The summed E-state index contributed by atoms with van der Waals surface area (Å²) in [5.41, 5.74) is 7.98. The predicted molar refractivity (Wildman–Crippen MR) is 129 cm³/mol. The molecule has 4 aromatic rings. The van der Waals surface area contributed by atoms with E-state index in [1.807, 2.05) is 30.5 Å². The first-order valence-electron chi connectivity index (χ1n) is 11.9. The molecule has 0 unspecified atom stereocenters. The van der Waals surface area contributed by atoms with Crippen molar-refractivity contribution in [1.82, 2.24) is 14.1 Å². The number of imidazole rings is 1. The maximum atomic E-state index is 9.12. The summed E-state index contributed by atoms with van der Waals surface area (Å²) in [6.45, 7) is 2.00. The van der Waals surface area contributed by atoms with Crippen LogP contribution in [0, 0.1) is 17.2 Å². The minimum atomic E-state index is 0.683. The van der Waals surface area contributed by atoms with Crippen molar-refractivity contribution in [3.05, 3.63) is 78.2 Å². The number of fused-ring (bicyclic) bond motifs is 6. The van der Waals surface area contributed by atoms with Crippen molar-refractivity contribution in [2.45, 2.75) is 38.3 Å². The highest BCUT2D eigenvalue weighted by Gasteiger charge is 2.37. The summed E-state index contributed by atoms with van der Waals surface area (Å²) in [4.78, 5) is 7.39. The van der Waals surface area contributed by atoms with E-state index in [4.69, 9.17) is 10.2 Å². The van der Waals surface area contributed by atoms with Gasteiger partial charge in [-0.15, -0.1) is 0 Å². The molecule has 7 rings (SSSR count). The molecule has 2 aromatic carbocycles. The van der Waals surface area contributed by atoms with E-state index in [0.717, 1.165) is 41.1 Å². The fourth-order valence-corrected chi connectivity index (χ4v) is 6.26. The normalized spacial score (nSPS) is 20.5. The van der Waals surface area contributed by atoms with E-state index >= 15 is 0 Å². The highest BCUT2D eigenvalue weighted by molar-refractivity contribution is 5.72. The number of nitriles is 1. The molecule has 2 aromatic heterocycles. The van der Waals surface area contributed by atoms with Gasteiger partial charge in [-0.1, -0.05) is 18.6 Å². The first-order chi connectivity index (χ1) is 16.3. The van der Waals surface area contributed by atoms with E-state index in [9.17, 15) is 0 Å². The second-order valence-corrected chi connectivity index (χ2v) is 9.61. The van der Waals surface area contributed by atoms with Crippen LogP contribution in [0.2, 0.25) is 0 Å². The smallest absolute Gasteiger partial charge is 0.161 e. The number of hydrogen-bond acceptors (Lipinski definition) is 3. The summed E-state index contributed by atoms with van der Waals surface area (Å²) in [7, 11) is 0. The molecule has 0 radical (unpaired) electrons. The first kappa shape index (κ1) is 18.8. The molecule has 2 atom stereocenters. The van der Waals surface area contributed by atoms with Crippen LogP contribution in [0.25, 0.3) is 28.3 Å². The topological polar surface area (TPSA) is 49.8 Å². The predicted octanol–water partition coefficient (Wildman–Crippen LogP) is 5.62. The van der Waals surface area contributed by atoms with Gasteiger partial charge < -0.3 is 9.47 Å². The Morgan fingerprint density at radius 2 is 1.88 bits per heavy atom. The Labute approximate surface area is 193 Å². The van der Waals surface area contributed by atoms with Gasteiger partial charge in [0.1, 0.15) is 0 Å². The average molecular weight is 432 g/mol. The molecule has 162 valence electrons. The monoisotopic (exact) mass is 431 g/mol. The Morgan fingerprint density at radius 1 is 0.970 bits per heavy atom. The van der Waals surface area contributed by atoms with Crippen molar-refractivity contribution in [3.63, 3.8) is 0 Å². The summed E-state index contributed by atoms with van der Waals surface area (Å²) in [6.07, 6.45) is 11.6. The maximum Gasteiger partial charge on any atom is 0.161 e. The molecule has 4 heterocycles. The first-order valence-corrected chi connectivity index (χ1v) is 11.9. The Bertz CT molecular complexity index is 1400. The van der Waals surface area contributed by atoms with E-state index < -0.39 is 0 Å². The van der Waals surface area contributed by atoms with Crippen molar-refractivity contribution in [2.24, 2.45) is 5.92 Å². The SMILES string of the molecule is N#Cc1ccc(-c2cc3n(c2)Cc2cc(N4CC[C@H]5CCC[C@@H]54)ccc2-n2ccnc2-3)cc1. The number of benzene rings is 2. The van der Waals surface area contributed by atoms with Gasteiger partial charge >= 0.3 is 0 Å². The highest BCUT2D eigenvalue weighted by atomic mass is 15.2. The Kier molecular flexibility index (Phi) is 4.04. The van der Waals surface area contributed by atoms with Crippen molar-refractivity contribution < 1.29 is 0 Å². The zero-order valence-electron chi connectivity index (χ0n) is 18.5. The molecule has 1 saturated carbocycles. The van der Waals surface area contributed by atoms with E-state index in [1.165, 1.54) is 49.2 Å². The number of hydrogen-bond donors (Lipinski definition) is 0. The lowest BCUT2D eigenvalue weighted by Gasteiger charge is -2.27. The van der Waals surface area contributed by atoms with Crippen LogP contribution >= 0.6 is 0 Å². The third-order valence-electron chi connectivity index (χ3n) is 7.87. The van der Waals surface area contributed by atoms with Gasteiger partial charge in [-0.3, -0.25) is 4.57 Å². The van der Waals surface area contributed by atoms with Gasteiger partial charge in [-0.05, 0) is 72.7 Å². The summed E-state index contributed by atoms with van der Waals surface area (Å²) in [5, 5.41) is 9.12. The fourth-order valence-electron chi connectivity index (χ4n) is 6.26. The Hall–Kier alpha value is -3.78. The molecule has 3 aliphatic rings. The van der Waals surface area contributed by atoms with E-state index in [2.05, 4.69) is 56.8 Å². The number of nitrogens with zero attached hydrogens (tertiary/aromatic N) is 5. The molecule has 5 nitrogen and oxygen atoms in total. The minimum absolute atomic E-state index is 0.683. The van der Waals surface area contributed by atoms with Gasteiger partial charge in [0.2, 0.25) is 0 Å². The van der Waals surface area contributed by atoms with Crippen LogP contribution in [0.4, 0.5) is 5.69 Å². The van der Waals surface area contributed by atoms with E-state index in [1.54, 1.807) is 0 Å². The van der Waals surface area contributed by atoms with E-state index in [-0.39, 0.29) is 0 Å². The maximum absolute atomic E-state index is 9.12. The van der Waals surface area contributed by atoms with Crippen LogP contribution < -0.4 is 4.90 Å². The highest BCUT2D eigenvalue weighted by Crippen LogP contribution is 2.42. The van der Waals surface area contributed by atoms with Gasteiger partial charge in [0, 0.05) is 49.0 Å². The van der Waals surface area contributed by atoms with Crippen LogP contribution in [0.5, 0.6) is 0 Å². The van der Waals surface area contributed by atoms with Crippen LogP contribution in [0.3, 0.4) is 0 Å². The van der Waals surface area contributed by atoms with Gasteiger partial charge in [-0.25, -0.2) is 4.98 Å². The van der Waals surface area contributed by atoms with Gasteiger partial charge in [0.25, 0.3) is 0 Å². The van der Waals surface area contributed by atoms with Crippen LogP contribution in [-0.2, 0) is 6.54 Å². The summed E-state index contributed by atoms with van der Waals surface area (Å²) >= 11 is 0. The number of aromatic nitrogens is 3. The lowest BCUT2D eigenvalue weighted by atomic mass is 10.0. The molecule has 0 N–H and O–H groups in total. The third-order valence-corrected chi connectivity index (χ3v) is 7.87.